The van der Waals surface area contributed by atoms with Crippen molar-refractivity contribution in [3.05, 3.63) is 54.2 Å². The molecule has 1 aliphatic heterocycles. The molecule has 1 saturated heterocycles. The van der Waals surface area contributed by atoms with Crippen LogP contribution in [0.2, 0.25) is 0 Å². The smallest absolute Gasteiger partial charge is 0.407 e. The average Bonchev–Trinajstić information content (AvgIpc) is 2.81. The molecule has 1 fully saturated rings. The van der Waals surface area contributed by atoms with Crippen molar-refractivity contribution in [1.29, 1.82) is 0 Å². The van der Waals surface area contributed by atoms with Gasteiger partial charge in [0.25, 0.3) is 5.91 Å². The predicted molar refractivity (Wildman–Crippen MR) is 114 cm³/mol. The molecule has 32 heavy (non-hydrogen) atoms. The first kappa shape index (κ1) is 22.7. The van der Waals surface area contributed by atoms with Gasteiger partial charge in [-0.2, -0.15) is 0 Å². The van der Waals surface area contributed by atoms with E-state index < -0.39 is 29.9 Å². The summed E-state index contributed by atoms with van der Waals surface area (Å²) in [6, 6.07) is 13.2. The number of nitrogens with zero attached hydrogens (tertiary/aromatic N) is 3. The minimum Gasteiger partial charge on any atom is -0.481 e. The topological polar surface area (TPSA) is 140 Å². The quantitative estimate of drug-likeness (QED) is 0.593. The van der Waals surface area contributed by atoms with Gasteiger partial charge in [0.1, 0.15) is 11.7 Å². The predicted octanol–water partition coefficient (Wildman–Crippen LogP) is 1.53. The van der Waals surface area contributed by atoms with Crippen LogP contribution in [-0.4, -0.2) is 81.1 Å². The number of carboxylic acid groups (broad SMARTS) is 2. The highest BCUT2D eigenvalue weighted by Gasteiger charge is 2.30. The minimum absolute atomic E-state index is 0.0859. The maximum atomic E-state index is 13.0. The normalized spacial score (nSPS) is 14.5. The fourth-order valence-corrected chi connectivity index (χ4v) is 3.43. The number of hydrogen-bond acceptors (Lipinski definition) is 5. The second-order valence-electron chi connectivity index (χ2n) is 7.33. The fraction of sp³-hybridized carbons (Fsp3) is 0.318. The van der Waals surface area contributed by atoms with E-state index in [9.17, 15) is 19.2 Å². The minimum atomic E-state index is -1.09. The number of amides is 3. The van der Waals surface area contributed by atoms with Gasteiger partial charge in [0.05, 0.1) is 5.69 Å². The van der Waals surface area contributed by atoms with Gasteiger partial charge < -0.3 is 25.3 Å². The summed E-state index contributed by atoms with van der Waals surface area (Å²) in [6.07, 6.45) is -1.45. The van der Waals surface area contributed by atoms with E-state index in [0.717, 1.165) is 5.56 Å². The molecule has 3 rings (SSSR count). The summed E-state index contributed by atoms with van der Waals surface area (Å²) >= 11 is 0. The van der Waals surface area contributed by atoms with Crippen molar-refractivity contribution in [3.63, 3.8) is 0 Å². The number of rotatable bonds is 7. The van der Waals surface area contributed by atoms with Crippen LogP contribution in [0.5, 0.6) is 0 Å². The summed E-state index contributed by atoms with van der Waals surface area (Å²) in [5, 5.41) is 20.7. The Kier molecular flexibility index (Phi) is 7.37. The van der Waals surface area contributed by atoms with Gasteiger partial charge in [0.15, 0.2) is 0 Å². The Balaban J connectivity index is 1.72. The molecule has 1 atom stereocenters. The van der Waals surface area contributed by atoms with E-state index in [1.165, 1.54) is 15.9 Å². The van der Waals surface area contributed by atoms with Crippen LogP contribution in [0.15, 0.2) is 48.5 Å². The number of pyridine rings is 1. The first-order valence-electron chi connectivity index (χ1n) is 10.2. The molecule has 0 bridgehead atoms. The molecule has 10 nitrogen and oxygen atoms in total. The van der Waals surface area contributed by atoms with Gasteiger partial charge in [-0.3, -0.25) is 14.4 Å². The van der Waals surface area contributed by atoms with Crippen LogP contribution < -0.4 is 5.32 Å². The third-order valence-corrected chi connectivity index (χ3v) is 5.16. The molecule has 3 N–H and O–H groups in total. The highest BCUT2D eigenvalue weighted by Crippen LogP contribution is 2.17. The summed E-state index contributed by atoms with van der Waals surface area (Å²) in [6.45, 7) is 0.654. The molecule has 1 aromatic carbocycles. The zero-order valence-corrected chi connectivity index (χ0v) is 17.3. The van der Waals surface area contributed by atoms with Crippen LogP contribution in [-0.2, 0) is 9.59 Å². The van der Waals surface area contributed by atoms with Gasteiger partial charge in [0, 0.05) is 38.2 Å². The molecule has 2 heterocycles. The van der Waals surface area contributed by atoms with E-state index in [1.807, 2.05) is 30.3 Å². The van der Waals surface area contributed by atoms with Crippen LogP contribution in [0.1, 0.15) is 23.3 Å². The Hall–Kier alpha value is -3.95. The number of carbonyl (C=O) groups excluding carboxylic acids is 2. The van der Waals surface area contributed by atoms with E-state index >= 15 is 0 Å². The monoisotopic (exact) mass is 440 g/mol. The van der Waals surface area contributed by atoms with Crippen molar-refractivity contribution in [2.75, 3.05) is 26.2 Å². The second kappa shape index (κ2) is 10.4. The third kappa shape index (κ3) is 5.81. The van der Waals surface area contributed by atoms with E-state index in [1.54, 1.807) is 12.1 Å². The molecule has 0 aliphatic carbocycles. The van der Waals surface area contributed by atoms with E-state index in [-0.39, 0.29) is 44.7 Å². The number of aliphatic carboxylic acids is 1. The summed E-state index contributed by atoms with van der Waals surface area (Å²) < 4.78 is 0. The Morgan fingerprint density at radius 2 is 1.56 bits per heavy atom. The number of nitrogens with one attached hydrogen (secondary N) is 1. The number of hydrogen-bond donors (Lipinski definition) is 3. The lowest BCUT2D eigenvalue weighted by molar-refractivity contribution is -0.138. The van der Waals surface area contributed by atoms with Crippen molar-refractivity contribution in [2.45, 2.75) is 18.9 Å². The lowest BCUT2D eigenvalue weighted by Gasteiger charge is -2.35. The number of benzene rings is 1. The molecular weight excluding hydrogens is 416 g/mol. The summed E-state index contributed by atoms with van der Waals surface area (Å²) in [7, 11) is 0. The van der Waals surface area contributed by atoms with Gasteiger partial charge in [-0.05, 0) is 18.6 Å². The van der Waals surface area contributed by atoms with Crippen LogP contribution in [0.4, 0.5) is 4.79 Å². The van der Waals surface area contributed by atoms with E-state index in [0.29, 0.717) is 5.69 Å². The maximum Gasteiger partial charge on any atom is 0.407 e. The zero-order chi connectivity index (χ0) is 23.1. The highest BCUT2D eigenvalue weighted by atomic mass is 16.4. The molecule has 10 heteroatoms. The molecule has 2 aromatic rings. The van der Waals surface area contributed by atoms with Gasteiger partial charge >= 0.3 is 12.1 Å². The number of carboxylic acids is 1. The molecule has 0 radical (unpaired) electrons. The van der Waals surface area contributed by atoms with Crippen LogP contribution in [0.3, 0.4) is 0 Å². The number of piperazine rings is 1. The van der Waals surface area contributed by atoms with Gasteiger partial charge in [-0.1, -0.05) is 36.4 Å². The fourth-order valence-electron chi connectivity index (χ4n) is 3.43. The Bertz CT molecular complexity index is 989. The summed E-state index contributed by atoms with van der Waals surface area (Å²) in [4.78, 5) is 54.9. The zero-order valence-electron chi connectivity index (χ0n) is 17.3. The van der Waals surface area contributed by atoms with Crippen LogP contribution in [0.25, 0.3) is 11.3 Å². The largest absolute Gasteiger partial charge is 0.481 e. The molecule has 0 saturated carbocycles. The van der Waals surface area contributed by atoms with Crippen molar-refractivity contribution >= 4 is 23.9 Å². The Morgan fingerprint density at radius 1 is 0.906 bits per heavy atom. The lowest BCUT2D eigenvalue weighted by Crippen LogP contribution is -2.55. The van der Waals surface area contributed by atoms with Crippen molar-refractivity contribution in [3.8, 4) is 11.3 Å². The highest BCUT2D eigenvalue weighted by molar-refractivity contribution is 5.96. The van der Waals surface area contributed by atoms with Gasteiger partial charge in [0.2, 0.25) is 5.91 Å². The molecule has 1 aromatic heterocycles. The average molecular weight is 440 g/mol. The molecular formula is C22H24N4O6. The van der Waals surface area contributed by atoms with Gasteiger partial charge in [-0.15, -0.1) is 0 Å². The van der Waals surface area contributed by atoms with E-state index in [2.05, 4.69) is 10.3 Å². The van der Waals surface area contributed by atoms with Crippen molar-refractivity contribution in [1.82, 2.24) is 20.1 Å². The van der Waals surface area contributed by atoms with Crippen LogP contribution in [0, 0.1) is 0 Å². The SMILES string of the molecule is O=C(O)CC[C@H](NC(=O)c1cccc(-c2ccccc2)n1)C(=O)N1CCN(C(=O)O)CC1. The molecule has 1 aliphatic rings. The Labute approximate surface area is 184 Å². The second-order valence-corrected chi connectivity index (χ2v) is 7.33. The standard InChI is InChI=1S/C22H24N4O6/c27-19(28)10-9-18(21(30)25-11-13-26(14-12-25)22(31)32)24-20(29)17-8-4-7-16(23-17)15-5-2-1-3-6-15/h1-8,18H,9-14H2,(H,24,29)(H,27,28)(H,31,32)/t18-/m0/s1. The summed E-state index contributed by atoms with van der Waals surface area (Å²) in [5.74, 6) is -2.11. The molecule has 168 valence electrons. The third-order valence-electron chi connectivity index (χ3n) is 5.16. The first-order valence-corrected chi connectivity index (χ1v) is 10.2. The number of aromatic nitrogens is 1. The maximum absolute atomic E-state index is 13.0. The number of carbonyl (C=O) groups is 4. The Morgan fingerprint density at radius 3 is 2.19 bits per heavy atom. The molecule has 3 amide bonds. The van der Waals surface area contributed by atoms with Gasteiger partial charge in [-0.25, -0.2) is 9.78 Å². The van der Waals surface area contributed by atoms with Crippen molar-refractivity contribution < 1.29 is 29.4 Å². The van der Waals surface area contributed by atoms with Crippen LogP contribution >= 0.6 is 0 Å². The summed E-state index contributed by atoms with van der Waals surface area (Å²) in [5.41, 5.74) is 1.53. The lowest BCUT2D eigenvalue weighted by atomic mass is 10.1. The van der Waals surface area contributed by atoms with Crippen molar-refractivity contribution in [2.24, 2.45) is 0 Å². The van der Waals surface area contributed by atoms with E-state index in [4.69, 9.17) is 10.2 Å². The molecule has 0 unspecified atom stereocenters. The molecule has 0 spiro atoms. The first-order chi connectivity index (χ1) is 15.3.